The predicted octanol–water partition coefficient (Wildman–Crippen LogP) is 3.40. The molecule has 2 rings (SSSR count). The molecule has 0 saturated carbocycles. The third-order valence-corrected chi connectivity index (χ3v) is 3.12. The second-order valence-electron chi connectivity index (χ2n) is 4.30. The molecule has 2 aromatic rings. The van der Waals surface area contributed by atoms with Crippen molar-refractivity contribution in [3.8, 4) is 0 Å². The fourth-order valence-corrected chi connectivity index (χ4v) is 1.74. The van der Waals surface area contributed by atoms with Crippen molar-refractivity contribution in [2.75, 3.05) is 11.9 Å². The van der Waals surface area contributed by atoms with E-state index in [2.05, 4.69) is 15.5 Å². The normalized spacial score (nSPS) is 10.4. The van der Waals surface area contributed by atoms with Crippen LogP contribution in [0.25, 0.3) is 0 Å². The van der Waals surface area contributed by atoms with Crippen molar-refractivity contribution >= 4 is 17.4 Å². The Morgan fingerprint density at radius 1 is 1.11 bits per heavy atom. The molecule has 0 unspecified atom stereocenters. The van der Waals surface area contributed by atoms with Gasteiger partial charge in [0.05, 0.1) is 5.69 Å². The maximum Gasteiger partial charge on any atom is 0.148 e. The zero-order chi connectivity index (χ0) is 13.0. The zero-order valence-corrected chi connectivity index (χ0v) is 11.3. The summed E-state index contributed by atoms with van der Waals surface area (Å²) in [4.78, 5) is 0. The summed E-state index contributed by atoms with van der Waals surface area (Å²) in [5.74, 6) is 0.826. The highest BCUT2D eigenvalue weighted by Gasteiger charge is 1.99. The van der Waals surface area contributed by atoms with Crippen LogP contribution in [0.1, 0.15) is 16.8 Å². The molecular formula is C14H16ClN3. The van der Waals surface area contributed by atoms with Crippen LogP contribution in [0.4, 0.5) is 5.82 Å². The lowest BCUT2D eigenvalue weighted by atomic mass is 10.1. The van der Waals surface area contributed by atoms with Crippen LogP contribution < -0.4 is 5.32 Å². The molecule has 94 valence electrons. The average molecular weight is 262 g/mol. The number of benzene rings is 1. The molecule has 1 aromatic heterocycles. The van der Waals surface area contributed by atoms with Crippen molar-refractivity contribution in [2.45, 2.75) is 20.3 Å². The van der Waals surface area contributed by atoms with Gasteiger partial charge in [-0.15, -0.1) is 5.10 Å². The van der Waals surface area contributed by atoms with Gasteiger partial charge >= 0.3 is 0 Å². The van der Waals surface area contributed by atoms with Crippen molar-refractivity contribution in [3.63, 3.8) is 0 Å². The molecule has 0 bridgehead atoms. The lowest BCUT2D eigenvalue weighted by molar-refractivity contribution is 0.933. The number of rotatable bonds is 4. The van der Waals surface area contributed by atoms with E-state index in [1.54, 1.807) is 0 Å². The van der Waals surface area contributed by atoms with Gasteiger partial charge in [-0.2, -0.15) is 5.10 Å². The summed E-state index contributed by atoms with van der Waals surface area (Å²) in [6, 6.07) is 9.91. The first-order valence-electron chi connectivity index (χ1n) is 5.94. The van der Waals surface area contributed by atoms with Crippen LogP contribution >= 0.6 is 11.6 Å². The van der Waals surface area contributed by atoms with E-state index in [1.165, 1.54) is 5.56 Å². The number of nitrogens with one attached hydrogen (secondary N) is 1. The van der Waals surface area contributed by atoms with Gasteiger partial charge in [0.2, 0.25) is 0 Å². The third kappa shape index (κ3) is 3.44. The van der Waals surface area contributed by atoms with E-state index in [9.17, 15) is 0 Å². The zero-order valence-electron chi connectivity index (χ0n) is 10.6. The predicted molar refractivity (Wildman–Crippen MR) is 75.2 cm³/mol. The summed E-state index contributed by atoms with van der Waals surface area (Å²) in [7, 11) is 0. The van der Waals surface area contributed by atoms with Crippen LogP contribution in [0.3, 0.4) is 0 Å². The number of anilines is 1. The molecule has 3 nitrogen and oxygen atoms in total. The van der Waals surface area contributed by atoms with E-state index in [0.29, 0.717) is 0 Å². The Balaban J connectivity index is 1.88. The minimum absolute atomic E-state index is 0.770. The molecule has 1 heterocycles. The molecule has 0 amide bonds. The Labute approximate surface area is 112 Å². The molecule has 0 aliphatic rings. The summed E-state index contributed by atoms with van der Waals surface area (Å²) >= 11 is 5.84. The second-order valence-corrected chi connectivity index (χ2v) is 4.74. The number of nitrogens with zero attached hydrogens (tertiary/aromatic N) is 2. The van der Waals surface area contributed by atoms with Crippen molar-refractivity contribution in [1.82, 2.24) is 10.2 Å². The van der Waals surface area contributed by atoms with Gasteiger partial charge in [0.1, 0.15) is 5.82 Å². The molecule has 0 aliphatic carbocycles. The number of hydrogen-bond donors (Lipinski definition) is 1. The Morgan fingerprint density at radius 2 is 1.83 bits per heavy atom. The number of aromatic nitrogens is 2. The molecule has 0 saturated heterocycles. The summed E-state index contributed by atoms with van der Waals surface area (Å²) in [6.07, 6.45) is 0.936. The standard InChI is InChI=1S/C14H16ClN3/c1-10-9-14(18-17-11(10)2)16-8-7-12-3-5-13(15)6-4-12/h3-6,9H,7-8H2,1-2H3,(H,16,18). The molecule has 0 aliphatic heterocycles. The quantitative estimate of drug-likeness (QED) is 0.917. The van der Waals surface area contributed by atoms with Gasteiger partial charge in [-0.25, -0.2) is 0 Å². The summed E-state index contributed by atoms with van der Waals surface area (Å²) < 4.78 is 0. The van der Waals surface area contributed by atoms with Crippen molar-refractivity contribution < 1.29 is 0 Å². The van der Waals surface area contributed by atoms with E-state index in [-0.39, 0.29) is 0 Å². The van der Waals surface area contributed by atoms with Gasteiger partial charge in [0, 0.05) is 11.6 Å². The minimum atomic E-state index is 0.770. The van der Waals surface area contributed by atoms with Crippen LogP contribution in [0.5, 0.6) is 0 Å². The number of halogens is 1. The Kier molecular flexibility index (Phi) is 4.15. The van der Waals surface area contributed by atoms with Gasteiger partial charge in [-0.1, -0.05) is 23.7 Å². The smallest absolute Gasteiger partial charge is 0.148 e. The molecular weight excluding hydrogens is 246 g/mol. The van der Waals surface area contributed by atoms with Crippen molar-refractivity contribution in [3.05, 3.63) is 52.2 Å². The Hall–Kier alpha value is -1.61. The van der Waals surface area contributed by atoms with Gasteiger partial charge in [0.25, 0.3) is 0 Å². The Morgan fingerprint density at radius 3 is 2.50 bits per heavy atom. The SMILES string of the molecule is Cc1cc(NCCc2ccc(Cl)cc2)nnc1C. The van der Waals surface area contributed by atoms with E-state index < -0.39 is 0 Å². The lowest BCUT2D eigenvalue weighted by Crippen LogP contribution is -2.07. The topological polar surface area (TPSA) is 37.8 Å². The van der Waals surface area contributed by atoms with E-state index in [0.717, 1.165) is 35.1 Å². The van der Waals surface area contributed by atoms with Crippen molar-refractivity contribution in [1.29, 1.82) is 0 Å². The molecule has 0 radical (unpaired) electrons. The molecule has 18 heavy (non-hydrogen) atoms. The average Bonchev–Trinajstić information content (AvgIpc) is 2.36. The van der Waals surface area contributed by atoms with Crippen molar-refractivity contribution in [2.24, 2.45) is 0 Å². The van der Waals surface area contributed by atoms with Crippen LogP contribution in [0.2, 0.25) is 5.02 Å². The third-order valence-electron chi connectivity index (χ3n) is 2.86. The fraction of sp³-hybridized carbons (Fsp3) is 0.286. The van der Waals surface area contributed by atoms with Crippen LogP contribution in [-0.4, -0.2) is 16.7 Å². The lowest BCUT2D eigenvalue weighted by Gasteiger charge is -2.06. The first-order valence-corrected chi connectivity index (χ1v) is 6.32. The van der Waals surface area contributed by atoms with E-state index >= 15 is 0 Å². The fourth-order valence-electron chi connectivity index (χ4n) is 1.62. The molecule has 1 aromatic carbocycles. The van der Waals surface area contributed by atoms with E-state index in [4.69, 9.17) is 11.6 Å². The van der Waals surface area contributed by atoms with Crippen LogP contribution in [-0.2, 0) is 6.42 Å². The molecule has 4 heteroatoms. The minimum Gasteiger partial charge on any atom is -0.368 e. The van der Waals surface area contributed by atoms with Crippen LogP contribution in [0, 0.1) is 13.8 Å². The number of aryl methyl sites for hydroxylation is 2. The maximum absolute atomic E-state index is 5.84. The monoisotopic (exact) mass is 261 g/mol. The van der Waals surface area contributed by atoms with E-state index in [1.807, 2.05) is 44.2 Å². The maximum atomic E-state index is 5.84. The summed E-state index contributed by atoms with van der Waals surface area (Å²) in [6.45, 7) is 4.83. The summed E-state index contributed by atoms with van der Waals surface area (Å²) in [5.41, 5.74) is 3.38. The molecule has 0 spiro atoms. The first-order chi connectivity index (χ1) is 8.65. The molecule has 0 atom stereocenters. The largest absolute Gasteiger partial charge is 0.368 e. The Bertz CT molecular complexity index is 523. The molecule has 0 fully saturated rings. The van der Waals surface area contributed by atoms with Gasteiger partial charge in [-0.05, 0) is 49.6 Å². The second kappa shape index (κ2) is 5.83. The summed E-state index contributed by atoms with van der Waals surface area (Å²) in [5, 5.41) is 12.2. The highest BCUT2D eigenvalue weighted by atomic mass is 35.5. The molecule has 1 N–H and O–H groups in total. The van der Waals surface area contributed by atoms with Crippen LogP contribution in [0.15, 0.2) is 30.3 Å². The first kappa shape index (κ1) is 12.8. The number of hydrogen-bond acceptors (Lipinski definition) is 3. The van der Waals surface area contributed by atoms with Gasteiger partial charge < -0.3 is 5.32 Å². The van der Waals surface area contributed by atoms with Gasteiger partial charge in [-0.3, -0.25) is 0 Å². The highest BCUT2D eigenvalue weighted by molar-refractivity contribution is 6.30. The highest BCUT2D eigenvalue weighted by Crippen LogP contribution is 2.11. The van der Waals surface area contributed by atoms with Gasteiger partial charge in [0.15, 0.2) is 0 Å².